The molecule has 0 radical (unpaired) electrons. The lowest BCUT2D eigenvalue weighted by Gasteiger charge is -2.12. The summed E-state index contributed by atoms with van der Waals surface area (Å²) in [6, 6.07) is 3.02. The standard InChI is InChI=1S/C11H11ClFNO3/c1-6(4-10(15)16)14-11(17)8-5-7(12)2-3-9(8)13/h2-3,5-6H,4H2,1H3,(H,14,17)(H,15,16). The lowest BCUT2D eigenvalue weighted by molar-refractivity contribution is -0.137. The van der Waals surface area contributed by atoms with Crippen molar-refractivity contribution in [1.29, 1.82) is 0 Å². The van der Waals surface area contributed by atoms with Gasteiger partial charge in [0.05, 0.1) is 12.0 Å². The first-order valence-corrected chi connectivity index (χ1v) is 5.25. The molecule has 1 aromatic carbocycles. The number of nitrogens with one attached hydrogen (secondary N) is 1. The largest absolute Gasteiger partial charge is 0.481 e. The minimum absolute atomic E-state index is 0.199. The third-order valence-corrected chi connectivity index (χ3v) is 2.27. The molecular weight excluding hydrogens is 249 g/mol. The van der Waals surface area contributed by atoms with E-state index in [1.165, 1.54) is 19.1 Å². The van der Waals surface area contributed by atoms with Crippen LogP contribution in [0.5, 0.6) is 0 Å². The maximum absolute atomic E-state index is 13.3. The van der Waals surface area contributed by atoms with E-state index in [0.29, 0.717) is 0 Å². The zero-order valence-electron chi connectivity index (χ0n) is 9.04. The molecule has 0 aliphatic rings. The Morgan fingerprint density at radius 3 is 2.76 bits per heavy atom. The third-order valence-electron chi connectivity index (χ3n) is 2.03. The molecule has 0 saturated heterocycles. The summed E-state index contributed by atoms with van der Waals surface area (Å²) in [4.78, 5) is 22.0. The zero-order valence-corrected chi connectivity index (χ0v) is 9.79. The average molecular weight is 260 g/mol. The van der Waals surface area contributed by atoms with Gasteiger partial charge in [-0.1, -0.05) is 11.6 Å². The monoisotopic (exact) mass is 259 g/mol. The van der Waals surface area contributed by atoms with Crippen molar-refractivity contribution in [2.24, 2.45) is 0 Å². The van der Waals surface area contributed by atoms with Crippen LogP contribution in [0, 0.1) is 5.82 Å². The summed E-state index contributed by atoms with van der Waals surface area (Å²) in [6.07, 6.45) is -0.228. The maximum Gasteiger partial charge on any atom is 0.305 e. The van der Waals surface area contributed by atoms with Crippen molar-refractivity contribution >= 4 is 23.5 Å². The predicted octanol–water partition coefficient (Wildman–Crippen LogP) is 2.07. The highest BCUT2D eigenvalue weighted by Gasteiger charge is 2.16. The Labute approximate surface area is 102 Å². The quantitative estimate of drug-likeness (QED) is 0.870. The van der Waals surface area contributed by atoms with Gasteiger partial charge < -0.3 is 10.4 Å². The van der Waals surface area contributed by atoms with Gasteiger partial charge in [0.15, 0.2) is 0 Å². The summed E-state index contributed by atoms with van der Waals surface area (Å²) >= 11 is 5.64. The Morgan fingerprint density at radius 2 is 2.18 bits per heavy atom. The second-order valence-electron chi connectivity index (χ2n) is 3.60. The highest BCUT2D eigenvalue weighted by atomic mass is 35.5. The van der Waals surface area contributed by atoms with Gasteiger partial charge in [-0.15, -0.1) is 0 Å². The SMILES string of the molecule is CC(CC(=O)O)NC(=O)c1cc(Cl)ccc1F. The highest BCUT2D eigenvalue weighted by Crippen LogP contribution is 2.14. The number of amides is 1. The van der Waals surface area contributed by atoms with E-state index >= 15 is 0 Å². The second-order valence-corrected chi connectivity index (χ2v) is 4.03. The molecule has 92 valence electrons. The number of carbonyl (C=O) groups is 2. The van der Waals surface area contributed by atoms with E-state index in [-0.39, 0.29) is 17.0 Å². The summed E-state index contributed by atoms with van der Waals surface area (Å²) in [5.74, 6) is -2.42. The molecule has 0 aliphatic carbocycles. The topological polar surface area (TPSA) is 66.4 Å². The van der Waals surface area contributed by atoms with E-state index in [1.54, 1.807) is 0 Å². The van der Waals surface area contributed by atoms with Crippen molar-refractivity contribution in [3.8, 4) is 0 Å². The van der Waals surface area contributed by atoms with Gasteiger partial charge in [-0.2, -0.15) is 0 Å². The number of hydrogen-bond donors (Lipinski definition) is 2. The minimum atomic E-state index is -1.04. The fourth-order valence-corrected chi connectivity index (χ4v) is 1.46. The van der Waals surface area contributed by atoms with E-state index in [4.69, 9.17) is 16.7 Å². The molecule has 0 aromatic heterocycles. The number of carboxylic acid groups (broad SMARTS) is 1. The fraction of sp³-hybridized carbons (Fsp3) is 0.273. The second kappa shape index (κ2) is 5.63. The predicted molar refractivity (Wildman–Crippen MR) is 60.6 cm³/mol. The molecule has 17 heavy (non-hydrogen) atoms. The molecule has 1 rings (SSSR count). The number of carboxylic acids is 1. The van der Waals surface area contributed by atoms with Crippen LogP contribution in [0.3, 0.4) is 0 Å². The molecule has 6 heteroatoms. The molecule has 0 spiro atoms. The summed E-state index contributed by atoms with van der Waals surface area (Å²) in [7, 11) is 0. The van der Waals surface area contributed by atoms with Crippen LogP contribution in [0.1, 0.15) is 23.7 Å². The maximum atomic E-state index is 13.3. The van der Waals surface area contributed by atoms with Gasteiger partial charge in [0, 0.05) is 11.1 Å². The van der Waals surface area contributed by atoms with Crippen molar-refractivity contribution in [2.45, 2.75) is 19.4 Å². The van der Waals surface area contributed by atoms with Gasteiger partial charge in [-0.25, -0.2) is 4.39 Å². The van der Waals surface area contributed by atoms with Crippen LogP contribution in [0.25, 0.3) is 0 Å². The molecule has 0 fully saturated rings. The van der Waals surface area contributed by atoms with Crippen LogP contribution < -0.4 is 5.32 Å². The van der Waals surface area contributed by atoms with Crippen molar-refractivity contribution in [2.75, 3.05) is 0 Å². The molecule has 0 heterocycles. The van der Waals surface area contributed by atoms with Crippen LogP contribution in [0.2, 0.25) is 5.02 Å². The molecule has 0 aliphatic heterocycles. The summed E-state index contributed by atoms with van der Waals surface area (Å²) in [5.41, 5.74) is -0.199. The van der Waals surface area contributed by atoms with E-state index in [0.717, 1.165) is 6.07 Å². The number of carbonyl (C=O) groups excluding carboxylic acids is 1. The number of rotatable bonds is 4. The van der Waals surface area contributed by atoms with Crippen molar-refractivity contribution < 1.29 is 19.1 Å². The van der Waals surface area contributed by atoms with Crippen LogP contribution >= 0.6 is 11.6 Å². The van der Waals surface area contributed by atoms with Crippen LogP contribution in [-0.4, -0.2) is 23.0 Å². The highest BCUT2D eigenvalue weighted by molar-refractivity contribution is 6.31. The molecule has 0 saturated carbocycles. The van der Waals surface area contributed by atoms with Crippen molar-refractivity contribution in [3.63, 3.8) is 0 Å². The number of benzene rings is 1. The molecule has 2 N–H and O–H groups in total. The van der Waals surface area contributed by atoms with E-state index in [2.05, 4.69) is 5.32 Å². The van der Waals surface area contributed by atoms with E-state index in [9.17, 15) is 14.0 Å². The first-order valence-electron chi connectivity index (χ1n) is 4.88. The zero-order chi connectivity index (χ0) is 13.0. The van der Waals surface area contributed by atoms with Crippen LogP contribution in [0.4, 0.5) is 4.39 Å². The molecule has 1 unspecified atom stereocenters. The molecular formula is C11H11ClFNO3. The third kappa shape index (κ3) is 4.03. The average Bonchev–Trinajstić information content (AvgIpc) is 2.20. The van der Waals surface area contributed by atoms with Gasteiger partial charge >= 0.3 is 5.97 Å². The van der Waals surface area contributed by atoms with Crippen molar-refractivity contribution in [1.82, 2.24) is 5.32 Å². The lowest BCUT2D eigenvalue weighted by Crippen LogP contribution is -2.34. The first-order chi connectivity index (χ1) is 7.90. The van der Waals surface area contributed by atoms with E-state index < -0.39 is 23.7 Å². The fourth-order valence-electron chi connectivity index (χ4n) is 1.29. The minimum Gasteiger partial charge on any atom is -0.481 e. The summed E-state index contributed by atoms with van der Waals surface area (Å²) < 4.78 is 13.3. The Kier molecular flexibility index (Phi) is 4.45. The van der Waals surface area contributed by atoms with Gasteiger partial charge in [0.2, 0.25) is 0 Å². The Bertz CT molecular complexity index is 450. The van der Waals surface area contributed by atoms with Gasteiger partial charge in [-0.05, 0) is 25.1 Å². The first kappa shape index (κ1) is 13.4. The summed E-state index contributed by atoms with van der Waals surface area (Å²) in [6.45, 7) is 1.52. The molecule has 1 amide bonds. The van der Waals surface area contributed by atoms with Crippen molar-refractivity contribution in [3.05, 3.63) is 34.6 Å². The lowest BCUT2D eigenvalue weighted by atomic mass is 10.1. The number of hydrogen-bond acceptors (Lipinski definition) is 2. The molecule has 0 bridgehead atoms. The number of halogens is 2. The van der Waals surface area contributed by atoms with Crippen LogP contribution in [-0.2, 0) is 4.79 Å². The Morgan fingerprint density at radius 1 is 1.53 bits per heavy atom. The smallest absolute Gasteiger partial charge is 0.305 e. The number of aliphatic carboxylic acids is 1. The normalized spacial score (nSPS) is 11.9. The molecule has 4 nitrogen and oxygen atoms in total. The van der Waals surface area contributed by atoms with Gasteiger partial charge in [0.25, 0.3) is 5.91 Å². The van der Waals surface area contributed by atoms with Gasteiger partial charge in [0.1, 0.15) is 5.82 Å². The Balaban J connectivity index is 2.76. The Hall–Kier alpha value is -1.62. The van der Waals surface area contributed by atoms with E-state index in [1.807, 2.05) is 0 Å². The molecule has 1 atom stereocenters. The van der Waals surface area contributed by atoms with Gasteiger partial charge in [-0.3, -0.25) is 9.59 Å². The molecule has 1 aromatic rings. The van der Waals surface area contributed by atoms with Crippen LogP contribution in [0.15, 0.2) is 18.2 Å². The summed E-state index contributed by atoms with van der Waals surface area (Å²) in [5, 5.41) is 11.1.